The van der Waals surface area contributed by atoms with E-state index >= 15 is 0 Å². The maximum atomic E-state index is 11.8. The quantitative estimate of drug-likeness (QED) is 0.869. The van der Waals surface area contributed by atoms with Gasteiger partial charge in [0.2, 0.25) is 5.91 Å². The van der Waals surface area contributed by atoms with E-state index in [9.17, 15) is 4.79 Å². The number of aryl methyl sites for hydroxylation is 1. The number of fused-ring (bicyclic) bond motifs is 1. The van der Waals surface area contributed by atoms with Crippen LogP contribution in [0.25, 0.3) is 0 Å². The lowest BCUT2D eigenvalue weighted by Crippen LogP contribution is -2.38. The maximum absolute atomic E-state index is 11.8. The summed E-state index contributed by atoms with van der Waals surface area (Å²) >= 11 is 0. The molecule has 1 heterocycles. The van der Waals surface area contributed by atoms with Gasteiger partial charge in [-0.05, 0) is 48.9 Å². The fourth-order valence-corrected chi connectivity index (χ4v) is 4.07. The third kappa shape index (κ3) is 1.96. The van der Waals surface area contributed by atoms with Crippen molar-refractivity contribution in [3.63, 3.8) is 0 Å². The zero-order valence-corrected chi connectivity index (χ0v) is 12.5. The lowest BCUT2D eigenvalue weighted by molar-refractivity contribution is -0.115. The van der Waals surface area contributed by atoms with E-state index in [1.807, 2.05) is 0 Å². The Balaban J connectivity index is 2.19. The van der Waals surface area contributed by atoms with Gasteiger partial charge in [-0.15, -0.1) is 0 Å². The van der Waals surface area contributed by atoms with Crippen LogP contribution in [0.3, 0.4) is 0 Å². The molecule has 3 N–H and O–H groups in total. The summed E-state index contributed by atoms with van der Waals surface area (Å²) in [6, 6.07) is 2.17. The number of nitrogens with two attached hydrogens (primary N) is 1. The molecule has 1 aromatic rings. The smallest absolute Gasteiger partial charge is 0.228 e. The second-order valence-corrected chi connectivity index (χ2v) is 6.50. The second kappa shape index (κ2) is 4.88. The largest absolute Gasteiger partial charge is 0.330 e. The molecular weight excluding hydrogens is 248 g/mol. The standard InChI is InChI=1S/C17H24N2O/c1-11-8-13-9-14(20)19-16(13)15(12(11)2)17(10-18)6-4-3-5-7-17/h8H,3-7,9-10,18H2,1-2H3,(H,19,20). The highest BCUT2D eigenvalue weighted by Crippen LogP contribution is 2.46. The molecule has 0 radical (unpaired) electrons. The molecule has 3 rings (SSSR count). The predicted molar refractivity (Wildman–Crippen MR) is 82.1 cm³/mol. The molecule has 0 unspecified atom stereocenters. The Labute approximate surface area is 120 Å². The van der Waals surface area contributed by atoms with Gasteiger partial charge in [0, 0.05) is 17.6 Å². The fraction of sp³-hybridized carbons (Fsp3) is 0.588. The zero-order chi connectivity index (χ0) is 14.3. The molecule has 20 heavy (non-hydrogen) atoms. The normalized spacial score (nSPS) is 20.6. The van der Waals surface area contributed by atoms with Crippen LogP contribution in [0.5, 0.6) is 0 Å². The number of rotatable bonds is 2. The number of carbonyl (C=O) groups excluding carboxylic acids is 1. The molecule has 0 bridgehead atoms. The second-order valence-electron chi connectivity index (χ2n) is 6.50. The fourth-order valence-electron chi connectivity index (χ4n) is 4.07. The minimum atomic E-state index is 0.0655. The van der Waals surface area contributed by atoms with E-state index in [2.05, 4.69) is 25.2 Å². The van der Waals surface area contributed by atoms with Crippen molar-refractivity contribution in [2.24, 2.45) is 5.73 Å². The van der Waals surface area contributed by atoms with Gasteiger partial charge in [0.1, 0.15) is 0 Å². The molecule has 1 aromatic carbocycles. The van der Waals surface area contributed by atoms with Crippen LogP contribution in [0, 0.1) is 13.8 Å². The van der Waals surface area contributed by atoms with Crippen molar-refractivity contribution in [3.05, 3.63) is 28.3 Å². The van der Waals surface area contributed by atoms with Crippen molar-refractivity contribution >= 4 is 11.6 Å². The van der Waals surface area contributed by atoms with E-state index in [-0.39, 0.29) is 11.3 Å². The van der Waals surface area contributed by atoms with Crippen LogP contribution < -0.4 is 11.1 Å². The monoisotopic (exact) mass is 272 g/mol. The van der Waals surface area contributed by atoms with Gasteiger partial charge >= 0.3 is 0 Å². The van der Waals surface area contributed by atoms with Crippen molar-refractivity contribution in [2.45, 2.75) is 57.8 Å². The number of anilines is 1. The van der Waals surface area contributed by atoms with Crippen LogP contribution in [0.15, 0.2) is 6.07 Å². The predicted octanol–water partition coefficient (Wildman–Crippen LogP) is 2.96. The van der Waals surface area contributed by atoms with Crippen molar-refractivity contribution in [2.75, 3.05) is 11.9 Å². The summed E-state index contributed by atoms with van der Waals surface area (Å²) in [6.07, 6.45) is 6.61. The Morgan fingerprint density at radius 3 is 2.60 bits per heavy atom. The van der Waals surface area contributed by atoms with Crippen LogP contribution in [0.4, 0.5) is 5.69 Å². The van der Waals surface area contributed by atoms with Crippen LogP contribution in [0.2, 0.25) is 0 Å². The number of carbonyl (C=O) groups is 1. The van der Waals surface area contributed by atoms with Gasteiger partial charge in [0.25, 0.3) is 0 Å². The lowest BCUT2D eigenvalue weighted by atomic mass is 9.67. The van der Waals surface area contributed by atoms with E-state index in [1.165, 1.54) is 36.0 Å². The third-order valence-corrected chi connectivity index (χ3v) is 5.28. The summed E-state index contributed by atoms with van der Waals surface area (Å²) < 4.78 is 0. The van der Waals surface area contributed by atoms with Gasteiger partial charge in [0.05, 0.1) is 6.42 Å². The molecule has 108 valence electrons. The van der Waals surface area contributed by atoms with E-state index < -0.39 is 0 Å². The Morgan fingerprint density at radius 2 is 1.95 bits per heavy atom. The van der Waals surface area contributed by atoms with Gasteiger partial charge in [-0.25, -0.2) is 0 Å². The first kappa shape index (κ1) is 13.6. The summed E-state index contributed by atoms with van der Waals surface area (Å²) in [4.78, 5) is 11.8. The number of nitrogens with one attached hydrogen (secondary N) is 1. The topological polar surface area (TPSA) is 55.1 Å². The average molecular weight is 272 g/mol. The summed E-state index contributed by atoms with van der Waals surface area (Å²) in [5.74, 6) is 0.120. The summed E-state index contributed by atoms with van der Waals surface area (Å²) in [6.45, 7) is 5.01. The Morgan fingerprint density at radius 1 is 1.25 bits per heavy atom. The Bertz CT molecular complexity index is 557. The highest BCUT2D eigenvalue weighted by Gasteiger charge is 2.38. The minimum Gasteiger partial charge on any atom is -0.330 e. The van der Waals surface area contributed by atoms with Gasteiger partial charge in [0.15, 0.2) is 0 Å². The molecule has 0 spiro atoms. The van der Waals surface area contributed by atoms with Crippen molar-refractivity contribution < 1.29 is 4.79 Å². The van der Waals surface area contributed by atoms with Gasteiger partial charge in [-0.1, -0.05) is 25.3 Å². The van der Waals surface area contributed by atoms with Gasteiger partial charge in [-0.3, -0.25) is 4.79 Å². The molecule has 1 fully saturated rings. The number of hydrogen-bond acceptors (Lipinski definition) is 2. The van der Waals surface area contributed by atoms with Crippen molar-refractivity contribution in [1.29, 1.82) is 0 Å². The summed E-state index contributed by atoms with van der Waals surface area (Å²) in [5.41, 5.74) is 12.4. The maximum Gasteiger partial charge on any atom is 0.228 e. The van der Waals surface area contributed by atoms with Crippen molar-refractivity contribution in [1.82, 2.24) is 0 Å². The van der Waals surface area contributed by atoms with E-state index in [0.717, 1.165) is 24.1 Å². The molecule has 1 aliphatic heterocycles. The van der Waals surface area contributed by atoms with E-state index in [0.29, 0.717) is 13.0 Å². The molecular formula is C17H24N2O. The lowest BCUT2D eigenvalue weighted by Gasteiger charge is -2.39. The number of amides is 1. The average Bonchev–Trinajstić information content (AvgIpc) is 2.80. The molecule has 1 amide bonds. The number of benzene rings is 1. The highest BCUT2D eigenvalue weighted by molar-refractivity contribution is 6.00. The van der Waals surface area contributed by atoms with E-state index in [1.54, 1.807) is 0 Å². The first-order valence-electron chi connectivity index (χ1n) is 7.71. The molecule has 1 saturated carbocycles. The SMILES string of the molecule is Cc1cc2c(c(C3(CN)CCCCC3)c1C)NC(=O)C2. The third-order valence-electron chi connectivity index (χ3n) is 5.28. The Hall–Kier alpha value is -1.35. The number of hydrogen-bond donors (Lipinski definition) is 2. The van der Waals surface area contributed by atoms with Crippen LogP contribution in [-0.4, -0.2) is 12.5 Å². The first-order valence-corrected chi connectivity index (χ1v) is 7.71. The first-order chi connectivity index (χ1) is 9.57. The zero-order valence-electron chi connectivity index (χ0n) is 12.5. The minimum absolute atomic E-state index is 0.0655. The molecule has 0 aromatic heterocycles. The highest BCUT2D eigenvalue weighted by atomic mass is 16.1. The van der Waals surface area contributed by atoms with Crippen LogP contribution in [0.1, 0.15) is 54.4 Å². The molecule has 3 heteroatoms. The molecule has 1 aliphatic carbocycles. The molecule has 0 saturated heterocycles. The van der Waals surface area contributed by atoms with Crippen molar-refractivity contribution in [3.8, 4) is 0 Å². The van der Waals surface area contributed by atoms with Gasteiger partial charge in [-0.2, -0.15) is 0 Å². The molecule has 0 atom stereocenters. The summed E-state index contributed by atoms with van der Waals surface area (Å²) in [7, 11) is 0. The van der Waals surface area contributed by atoms with E-state index in [4.69, 9.17) is 5.73 Å². The molecule has 2 aliphatic rings. The summed E-state index contributed by atoms with van der Waals surface area (Å²) in [5, 5.41) is 3.10. The van der Waals surface area contributed by atoms with Gasteiger partial charge < -0.3 is 11.1 Å². The molecule has 3 nitrogen and oxygen atoms in total. The van der Waals surface area contributed by atoms with Crippen LogP contribution in [-0.2, 0) is 16.6 Å². The Kier molecular flexibility index (Phi) is 3.33. The van der Waals surface area contributed by atoms with Crippen LogP contribution >= 0.6 is 0 Å².